The van der Waals surface area contributed by atoms with Crippen molar-refractivity contribution in [2.75, 3.05) is 0 Å². The van der Waals surface area contributed by atoms with Crippen LogP contribution in [0.3, 0.4) is 0 Å². The fraction of sp³-hybridized carbons (Fsp3) is 0.571. The third-order valence-corrected chi connectivity index (χ3v) is 3.70. The minimum atomic E-state index is -0.837. The molecule has 2 unspecified atom stereocenters. The van der Waals surface area contributed by atoms with E-state index in [9.17, 15) is 14.7 Å². The monoisotopic (exact) mass is 277 g/mol. The Kier molecular flexibility index (Phi) is 5.03. The fourth-order valence-corrected chi connectivity index (χ4v) is 2.61. The highest BCUT2D eigenvalue weighted by atomic mass is 16.4. The van der Waals surface area contributed by atoms with Crippen LogP contribution in [0.1, 0.15) is 49.0 Å². The number of carbonyl (C=O) groups is 2. The predicted molar refractivity (Wildman–Crippen MR) is 72.1 cm³/mol. The first-order valence-corrected chi connectivity index (χ1v) is 6.98. The van der Waals surface area contributed by atoms with Crippen molar-refractivity contribution >= 4 is 11.9 Å². The fourth-order valence-electron chi connectivity index (χ4n) is 2.61. The van der Waals surface area contributed by atoms with Crippen molar-refractivity contribution in [3.8, 4) is 0 Å². The number of amides is 1. The second kappa shape index (κ2) is 6.98. The molecule has 0 spiro atoms. The third kappa shape index (κ3) is 3.76. The Morgan fingerprint density at radius 2 is 1.90 bits per heavy atom. The van der Waals surface area contributed by atoms with Crippen LogP contribution in [0.5, 0.6) is 0 Å². The van der Waals surface area contributed by atoms with Crippen molar-refractivity contribution in [2.24, 2.45) is 5.92 Å². The van der Waals surface area contributed by atoms with Crippen LogP contribution >= 0.6 is 0 Å². The van der Waals surface area contributed by atoms with E-state index in [1.54, 1.807) is 0 Å². The lowest BCUT2D eigenvalue weighted by Crippen LogP contribution is -2.44. The van der Waals surface area contributed by atoms with Gasteiger partial charge in [-0.2, -0.15) is 0 Å². The van der Waals surface area contributed by atoms with Crippen LogP contribution in [-0.2, 0) is 4.79 Å². The molecule has 1 aromatic heterocycles. The van der Waals surface area contributed by atoms with Crippen LogP contribution in [0.15, 0.2) is 18.6 Å². The number of aromatic nitrogens is 2. The van der Waals surface area contributed by atoms with Gasteiger partial charge in [0.1, 0.15) is 5.69 Å². The Morgan fingerprint density at radius 1 is 1.15 bits per heavy atom. The summed E-state index contributed by atoms with van der Waals surface area (Å²) in [7, 11) is 0. The van der Waals surface area contributed by atoms with E-state index >= 15 is 0 Å². The van der Waals surface area contributed by atoms with Gasteiger partial charge < -0.3 is 10.4 Å². The second-order valence-electron chi connectivity index (χ2n) is 5.11. The number of nitrogens with zero attached hydrogens (tertiary/aromatic N) is 2. The lowest BCUT2D eigenvalue weighted by atomic mass is 9.86. The predicted octanol–water partition coefficient (Wildman–Crippen LogP) is 1.63. The molecule has 20 heavy (non-hydrogen) atoms. The number of carboxylic acids is 1. The van der Waals surface area contributed by atoms with E-state index < -0.39 is 11.9 Å². The summed E-state index contributed by atoms with van der Waals surface area (Å²) < 4.78 is 0. The molecule has 1 aliphatic rings. The Morgan fingerprint density at radius 3 is 2.55 bits per heavy atom. The normalized spacial score (nSPS) is 23.4. The van der Waals surface area contributed by atoms with Crippen LogP contribution < -0.4 is 5.32 Å². The van der Waals surface area contributed by atoms with Crippen molar-refractivity contribution in [1.29, 1.82) is 0 Å². The lowest BCUT2D eigenvalue weighted by Gasteiger charge is -2.27. The van der Waals surface area contributed by atoms with E-state index in [0.29, 0.717) is 12.8 Å². The Hall–Kier alpha value is -1.98. The maximum absolute atomic E-state index is 12.1. The van der Waals surface area contributed by atoms with E-state index in [1.807, 2.05) is 0 Å². The number of carboxylic acid groups (broad SMARTS) is 1. The van der Waals surface area contributed by atoms with Gasteiger partial charge in [0.05, 0.1) is 12.1 Å². The molecule has 6 heteroatoms. The molecule has 1 amide bonds. The van der Waals surface area contributed by atoms with E-state index in [-0.39, 0.29) is 17.6 Å². The summed E-state index contributed by atoms with van der Waals surface area (Å²) in [5.41, 5.74) is 0.221. The molecule has 0 aliphatic heterocycles. The molecule has 2 rings (SSSR count). The highest BCUT2D eigenvalue weighted by Crippen LogP contribution is 2.23. The van der Waals surface area contributed by atoms with Gasteiger partial charge in [-0.1, -0.05) is 25.7 Å². The topological polar surface area (TPSA) is 92.2 Å². The molecule has 1 fully saturated rings. The van der Waals surface area contributed by atoms with Gasteiger partial charge in [0.2, 0.25) is 0 Å². The van der Waals surface area contributed by atoms with Gasteiger partial charge in [0.15, 0.2) is 0 Å². The summed E-state index contributed by atoms with van der Waals surface area (Å²) in [5, 5.41) is 12.1. The van der Waals surface area contributed by atoms with E-state index in [0.717, 1.165) is 25.7 Å². The molecule has 108 valence electrons. The zero-order valence-corrected chi connectivity index (χ0v) is 11.3. The van der Waals surface area contributed by atoms with Gasteiger partial charge in [0.25, 0.3) is 5.91 Å². The summed E-state index contributed by atoms with van der Waals surface area (Å²) in [6, 6.07) is -0.331. The highest BCUT2D eigenvalue weighted by molar-refractivity contribution is 5.92. The lowest BCUT2D eigenvalue weighted by molar-refractivity contribution is -0.143. The summed E-state index contributed by atoms with van der Waals surface area (Å²) in [6.07, 6.45) is 9.62. The summed E-state index contributed by atoms with van der Waals surface area (Å²) in [5.74, 6) is -1.71. The van der Waals surface area contributed by atoms with E-state index in [4.69, 9.17) is 0 Å². The molecule has 6 nitrogen and oxygen atoms in total. The maximum atomic E-state index is 12.1. The molecule has 0 saturated heterocycles. The molecule has 1 heterocycles. The number of hydrogen-bond acceptors (Lipinski definition) is 4. The molecule has 0 bridgehead atoms. The molecule has 0 radical (unpaired) electrons. The zero-order chi connectivity index (χ0) is 14.4. The van der Waals surface area contributed by atoms with Crippen molar-refractivity contribution in [3.63, 3.8) is 0 Å². The standard InChI is InChI=1S/C14H19N3O3/c18-13(12-9-15-7-8-16-12)17-11-6-4-2-1-3-5-10(11)14(19)20/h7-11H,1-6H2,(H,17,18)(H,19,20). The van der Waals surface area contributed by atoms with Crippen molar-refractivity contribution in [1.82, 2.24) is 15.3 Å². The Bertz CT molecular complexity index is 464. The van der Waals surface area contributed by atoms with Crippen LogP contribution in [-0.4, -0.2) is 33.0 Å². The van der Waals surface area contributed by atoms with Crippen LogP contribution in [0.25, 0.3) is 0 Å². The average Bonchev–Trinajstić information content (AvgIpc) is 2.42. The minimum absolute atomic E-state index is 0.221. The molecule has 2 N–H and O–H groups in total. The SMILES string of the molecule is O=C(NC1CCCCCCC1C(=O)O)c1cnccn1. The van der Waals surface area contributed by atoms with Gasteiger partial charge >= 0.3 is 5.97 Å². The van der Waals surface area contributed by atoms with Crippen LogP contribution in [0, 0.1) is 5.92 Å². The van der Waals surface area contributed by atoms with Gasteiger partial charge in [0, 0.05) is 18.4 Å². The maximum Gasteiger partial charge on any atom is 0.308 e. The molecular weight excluding hydrogens is 258 g/mol. The third-order valence-electron chi connectivity index (χ3n) is 3.70. The zero-order valence-electron chi connectivity index (χ0n) is 11.3. The van der Waals surface area contributed by atoms with Crippen molar-refractivity contribution < 1.29 is 14.7 Å². The number of aliphatic carboxylic acids is 1. The number of nitrogens with one attached hydrogen (secondary N) is 1. The minimum Gasteiger partial charge on any atom is -0.481 e. The van der Waals surface area contributed by atoms with Gasteiger partial charge in [-0.25, -0.2) is 4.98 Å². The summed E-state index contributed by atoms with van der Waals surface area (Å²) in [6.45, 7) is 0. The molecule has 1 saturated carbocycles. The molecule has 2 atom stereocenters. The largest absolute Gasteiger partial charge is 0.481 e. The molecular formula is C14H19N3O3. The Labute approximate surface area is 117 Å². The van der Waals surface area contributed by atoms with Crippen molar-refractivity contribution in [2.45, 2.75) is 44.6 Å². The summed E-state index contributed by atoms with van der Waals surface area (Å²) >= 11 is 0. The number of carbonyl (C=O) groups excluding carboxylic acids is 1. The summed E-state index contributed by atoms with van der Waals surface area (Å²) in [4.78, 5) is 31.2. The average molecular weight is 277 g/mol. The first kappa shape index (κ1) is 14.4. The molecule has 0 aromatic carbocycles. The quantitative estimate of drug-likeness (QED) is 0.876. The second-order valence-corrected chi connectivity index (χ2v) is 5.11. The molecule has 1 aromatic rings. The van der Waals surface area contributed by atoms with Crippen LogP contribution in [0.2, 0.25) is 0 Å². The van der Waals surface area contributed by atoms with E-state index in [1.165, 1.54) is 18.6 Å². The highest BCUT2D eigenvalue weighted by Gasteiger charge is 2.30. The van der Waals surface area contributed by atoms with Crippen LogP contribution in [0.4, 0.5) is 0 Å². The van der Waals surface area contributed by atoms with Crippen molar-refractivity contribution in [3.05, 3.63) is 24.3 Å². The smallest absolute Gasteiger partial charge is 0.308 e. The Balaban J connectivity index is 2.06. The van der Waals surface area contributed by atoms with Gasteiger partial charge in [-0.05, 0) is 12.8 Å². The first-order chi connectivity index (χ1) is 9.68. The van der Waals surface area contributed by atoms with E-state index in [2.05, 4.69) is 15.3 Å². The number of hydrogen-bond donors (Lipinski definition) is 2. The van der Waals surface area contributed by atoms with Gasteiger partial charge in [-0.15, -0.1) is 0 Å². The molecule has 1 aliphatic carbocycles. The number of rotatable bonds is 3. The van der Waals surface area contributed by atoms with Gasteiger partial charge in [-0.3, -0.25) is 14.6 Å². The first-order valence-electron chi connectivity index (χ1n) is 6.98.